The van der Waals surface area contributed by atoms with Crippen LogP contribution in [0.5, 0.6) is 0 Å². The van der Waals surface area contributed by atoms with Gasteiger partial charge < -0.3 is 20.1 Å². The molecular weight excluding hydrogens is 442 g/mol. The first-order valence-corrected chi connectivity index (χ1v) is 11.9. The Balaban J connectivity index is 1.42. The SMILES string of the molecule is O=C(O)c1ccc(N2CCC(CCN3CCOCC3)CC2)c(NC(=O)c2ccc(Cl)cc2)c1. The number of hydrogen-bond donors (Lipinski definition) is 2. The Morgan fingerprint density at radius 2 is 1.67 bits per heavy atom. The Kier molecular flexibility index (Phi) is 7.85. The predicted octanol–water partition coefficient (Wildman–Crippen LogP) is 4.23. The second-order valence-corrected chi connectivity index (χ2v) is 9.11. The lowest BCUT2D eigenvalue weighted by Gasteiger charge is -2.36. The fourth-order valence-electron chi connectivity index (χ4n) is 4.49. The molecule has 0 bridgehead atoms. The van der Waals surface area contributed by atoms with Crippen LogP contribution < -0.4 is 10.2 Å². The highest BCUT2D eigenvalue weighted by Gasteiger charge is 2.23. The number of nitrogens with zero attached hydrogens (tertiary/aromatic N) is 2. The standard InChI is InChI=1S/C25H30ClN3O4/c26-21-4-1-19(2-5-21)24(30)27-22-17-20(25(31)32)3-6-23(22)29-11-8-18(9-12-29)7-10-28-13-15-33-16-14-28/h1-6,17-18H,7-16H2,(H,27,30)(H,31,32). The van der Waals surface area contributed by atoms with Gasteiger partial charge in [0.2, 0.25) is 0 Å². The number of hydrogen-bond acceptors (Lipinski definition) is 5. The molecule has 0 radical (unpaired) electrons. The van der Waals surface area contributed by atoms with Crippen LogP contribution in [0, 0.1) is 5.92 Å². The van der Waals surface area contributed by atoms with E-state index in [4.69, 9.17) is 16.3 Å². The van der Waals surface area contributed by atoms with Crippen molar-refractivity contribution in [3.63, 3.8) is 0 Å². The molecule has 2 aromatic rings. The van der Waals surface area contributed by atoms with Crippen molar-refractivity contribution in [3.05, 3.63) is 58.6 Å². The number of rotatable bonds is 7. The van der Waals surface area contributed by atoms with Gasteiger partial charge in [-0.25, -0.2) is 4.79 Å². The van der Waals surface area contributed by atoms with Gasteiger partial charge in [-0.2, -0.15) is 0 Å². The topological polar surface area (TPSA) is 82.1 Å². The molecule has 2 aliphatic heterocycles. The van der Waals surface area contributed by atoms with Crippen molar-refractivity contribution in [1.29, 1.82) is 0 Å². The predicted molar refractivity (Wildman–Crippen MR) is 130 cm³/mol. The highest BCUT2D eigenvalue weighted by molar-refractivity contribution is 6.30. The number of carbonyl (C=O) groups is 2. The first kappa shape index (κ1) is 23.5. The highest BCUT2D eigenvalue weighted by Crippen LogP contribution is 2.32. The molecule has 0 aromatic heterocycles. The van der Waals surface area contributed by atoms with Gasteiger partial charge in [0.15, 0.2) is 0 Å². The van der Waals surface area contributed by atoms with Crippen LogP contribution >= 0.6 is 11.6 Å². The third kappa shape index (κ3) is 6.25. The summed E-state index contributed by atoms with van der Waals surface area (Å²) in [6, 6.07) is 11.6. The van der Waals surface area contributed by atoms with E-state index >= 15 is 0 Å². The fraction of sp³-hybridized carbons (Fsp3) is 0.440. The van der Waals surface area contributed by atoms with Crippen LogP contribution in [-0.4, -0.2) is 67.8 Å². The van der Waals surface area contributed by atoms with Crippen LogP contribution in [0.1, 0.15) is 40.0 Å². The average Bonchev–Trinajstić information content (AvgIpc) is 2.84. The van der Waals surface area contributed by atoms with Crippen molar-refractivity contribution < 1.29 is 19.4 Å². The number of halogens is 1. The molecule has 7 nitrogen and oxygen atoms in total. The van der Waals surface area contributed by atoms with E-state index in [2.05, 4.69) is 15.1 Å². The number of amides is 1. The molecule has 176 valence electrons. The highest BCUT2D eigenvalue weighted by atomic mass is 35.5. The number of benzene rings is 2. The maximum absolute atomic E-state index is 12.8. The smallest absolute Gasteiger partial charge is 0.335 e. The zero-order valence-corrected chi connectivity index (χ0v) is 19.4. The first-order chi connectivity index (χ1) is 16.0. The van der Waals surface area contributed by atoms with E-state index < -0.39 is 5.97 Å². The van der Waals surface area contributed by atoms with Crippen molar-refractivity contribution in [1.82, 2.24) is 4.90 Å². The molecule has 0 unspecified atom stereocenters. The molecule has 0 saturated carbocycles. The zero-order chi connectivity index (χ0) is 23.2. The van der Waals surface area contributed by atoms with Crippen LogP contribution in [0.2, 0.25) is 5.02 Å². The monoisotopic (exact) mass is 471 g/mol. The van der Waals surface area contributed by atoms with E-state index in [1.807, 2.05) is 0 Å². The third-order valence-corrected chi connectivity index (χ3v) is 6.76. The van der Waals surface area contributed by atoms with Crippen LogP contribution in [0.25, 0.3) is 0 Å². The van der Waals surface area contributed by atoms with E-state index in [1.165, 1.54) is 12.5 Å². The molecule has 2 aliphatic rings. The Morgan fingerprint density at radius 1 is 1.00 bits per heavy atom. The molecule has 1 amide bonds. The van der Waals surface area contributed by atoms with Crippen molar-refractivity contribution in [2.24, 2.45) is 5.92 Å². The summed E-state index contributed by atoms with van der Waals surface area (Å²) < 4.78 is 5.43. The normalized spacial score (nSPS) is 17.7. The number of nitrogens with one attached hydrogen (secondary N) is 1. The summed E-state index contributed by atoms with van der Waals surface area (Å²) >= 11 is 5.93. The van der Waals surface area contributed by atoms with Gasteiger partial charge >= 0.3 is 5.97 Å². The van der Waals surface area contributed by atoms with Crippen LogP contribution in [0.3, 0.4) is 0 Å². The minimum atomic E-state index is -1.02. The molecule has 2 heterocycles. The van der Waals surface area contributed by atoms with Crippen LogP contribution in [-0.2, 0) is 4.74 Å². The van der Waals surface area contributed by atoms with E-state index in [9.17, 15) is 14.7 Å². The number of morpholine rings is 1. The first-order valence-electron chi connectivity index (χ1n) is 11.5. The van der Waals surface area contributed by atoms with Crippen LogP contribution in [0.4, 0.5) is 11.4 Å². The fourth-order valence-corrected chi connectivity index (χ4v) is 4.62. The molecule has 2 saturated heterocycles. The number of carbonyl (C=O) groups excluding carboxylic acids is 1. The van der Waals surface area contributed by atoms with Crippen molar-refractivity contribution >= 4 is 34.9 Å². The van der Waals surface area contributed by atoms with Gasteiger partial charge in [0.25, 0.3) is 5.91 Å². The molecule has 2 N–H and O–H groups in total. The number of aromatic carboxylic acids is 1. The van der Waals surface area contributed by atoms with Crippen LogP contribution in [0.15, 0.2) is 42.5 Å². The Labute approximate surface area is 199 Å². The van der Waals surface area contributed by atoms with Gasteiger partial charge in [-0.1, -0.05) is 11.6 Å². The molecule has 0 atom stereocenters. The van der Waals surface area contributed by atoms with Gasteiger partial charge in [0, 0.05) is 36.8 Å². The lowest BCUT2D eigenvalue weighted by Crippen LogP contribution is -2.39. The summed E-state index contributed by atoms with van der Waals surface area (Å²) in [5, 5.41) is 12.9. The Hall–Kier alpha value is -2.61. The van der Waals surface area contributed by atoms with Gasteiger partial charge in [-0.3, -0.25) is 9.69 Å². The summed E-state index contributed by atoms with van der Waals surface area (Å²) in [5.41, 5.74) is 1.98. The lowest BCUT2D eigenvalue weighted by atomic mass is 9.92. The van der Waals surface area contributed by atoms with Crippen molar-refractivity contribution in [3.8, 4) is 0 Å². The van der Waals surface area contributed by atoms with Gasteiger partial charge in [0.05, 0.1) is 30.2 Å². The van der Waals surface area contributed by atoms with Gasteiger partial charge in [0.1, 0.15) is 0 Å². The molecule has 2 fully saturated rings. The molecular formula is C25H30ClN3O4. The quantitative estimate of drug-likeness (QED) is 0.629. The number of carboxylic acid groups (broad SMARTS) is 1. The largest absolute Gasteiger partial charge is 0.478 e. The molecule has 0 spiro atoms. The average molecular weight is 472 g/mol. The molecule has 0 aliphatic carbocycles. The second kappa shape index (κ2) is 11.0. The molecule has 8 heteroatoms. The maximum Gasteiger partial charge on any atom is 0.335 e. The minimum absolute atomic E-state index is 0.144. The summed E-state index contributed by atoms with van der Waals surface area (Å²) in [7, 11) is 0. The summed E-state index contributed by atoms with van der Waals surface area (Å²) in [6.45, 7) is 6.57. The molecule has 2 aromatic carbocycles. The second-order valence-electron chi connectivity index (χ2n) is 8.67. The summed E-state index contributed by atoms with van der Waals surface area (Å²) in [5.74, 6) is -0.643. The number of anilines is 2. The maximum atomic E-state index is 12.8. The number of carboxylic acids is 1. The van der Waals surface area contributed by atoms with E-state index in [-0.39, 0.29) is 11.5 Å². The number of piperidine rings is 1. The van der Waals surface area contributed by atoms with Gasteiger partial charge in [-0.05, 0) is 74.2 Å². The van der Waals surface area contributed by atoms with E-state index in [0.29, 0.717) is 22.2 Å². The van der Waals surface area contributed by atoms with Crippen molar-refractivity contribution in [2.75, 3.05) is 56.2 Å². The van der Waals surface area contributed by atoms with Crippen molar-refractivity contribution in [2.45, 2.75) is 19.3 Å². The lowest BCUT2D eigenvalue weighted by molar-refractivity contribution is 0.0349. The zero-order valence-electron chi connectivity index (χ0n) is 18.6. The summed E-state index contributed by atoms with van der Waals surface area (Å²) in [6.07, 6.45) is 3.34. The minimum Gasteiger partial charge on any atom is -0.478 e. The van der Waals surface area contributed by atoms with E-state index in [0.717, 1.165) is 64.5 Å². The van der Waals surface area contributed by atoms with Gasteiger partial charge in [-0.15, -0.1) is 0 Å². The molecule has 4 rings (SSSR count). The third-order valence-electron chi connectivity index (χ3n) is 6.51. The Morgan fingerprint density at radius 3 is 2.33 bits per heavy atom. The van der Waals surface area contributed by atoms with E-state index in [1.54, 1.807) is 36.4 Å². The number of ether oxygens (including phenoxy) is 1. The summed E-state index contributed by atoms with van der Waals surface area (Å²) in [4.78, 5) is 29.0. The molecule has 33 heavy (non-hydrogen) atoms. The Bertz CT molecular complexity index is 968.